The quantitative estimate of drug-likeness (QED) is 0.749. The number of pyridine rings is 1. The number of nitrogens with one attached hydrogen (secondary N) is 1. The minimum atomic E-state index is -0.443. The van der Waals surface area contributed by atoms with Crippen LogP contribution in [0.5, 0.6) is 0 Å². The van der Waals surface area contributed by atoms with Gasteiger partial charge in [0.25, 0.3) is 5.89 Å². The zero-order valence-electron chi connectivity index (χ0n) is 15.6. The molecule has 7 rings (SSSR count). The van der Waals surface area contributed by atoms with Crippen LogP contribution in [0.2, 0.25) is 0 Å². The molecule has 5 aliphatic rings. The van der Waals surface area contributed by atoms with E-state index in [0.29, 0.717) is 29.6 Å². The molecule has 7 nitrogen and oxygen atoms in total. The number of anilines is 1. The normalized spacial score (nSPS) is 34.8. The van der Waals surface area contributed by atoms with Crippen molar-refractivity contribution in [3.05, 3.63) is 29.4 Å². The molecule has 0 amide bonds. The molecule has 0 aromatic carbocycles. The molecule has 5 atom stereocenters. The van der Waals surface area contributed by atoms with E-state index < -0.39 is 5.60 Å². The minimum Gasteiger partial charge on any atom is -0.390 e. The van der Waals surface area contributed by atoms with Crippen LogP contribution in [0.4, 0.5) is 5.69 Å². The van der Waals surface area contributed by atoms with Crippen molar-refractivity contribution >= 4 is 11.8 Å². The molecule has 146 valence electrons. The van der Waals surface area contributed by atoms with Crippen molar-refractivity contribution in [1.29, 1.82) is 0 Å². The van der Waals surface area contributed by atoms with Crippen molar-refractivity contribution in [2.75, 3.05) is 5.32 Å². The maximum absolute atomic E-state index is 10.9. The number of aromatic nitrogens is 3. The lowest BCUT2D eigenvalue weighted by molar-refractivity contribution is -0.129. The van der Waals surface area contributed by atoms with E-state index in [-0.39, 0.29) is 12.5 Å². The van der Waals surface area contributed by atoms with E-state index in [1.807, 2.05) is 6.20 Å². The van der Waals surface area contributed by atoms with Gasteiger partial charge in [-0.2, -0.15) is 4.98 Å². The highest BCUT2D eigenvalue weighted by Crippen LogP contribution is 2.56. The van der Waals surface area contributed by atoms with Crippen LogP contribution in [0.3, 0.4) is 0 Å². The molecule has 0 aliphatic heterocycles. The Morgan fingerprint density at radius 1 is 1.21 bits per heavy atom. The van der Waals surface area contributed by atoms with Gasteiger partial charge in [0.15, 0.2) is 0 Å². The molecule has 3 N–H and O–H groups in total. The number of hydrogen-bond acceptors (Lipinski definition) is 7. The number of nitrogens with zero attached hydrogens (tertiary/aromatic N) is 3. The predicted octanol–water partition coefficient (Wildman–Crippen LogP) is 2.54. The molecular formula is C21H24N4O3. The van der Waals surface area contributed by atoms with Crippen molar-refractivity contribution in [1.82, 2.24) is 15.1 Å². The Hall–Kier alpha value is -2.25. The van der Waals surface area contributed by atoms with Gasteiger partial charge in [-0.25, -0.2) is 0 Å². The van der Waals surface area contributed by atoms with Gasteiger partial charge in [0.05, 0.1) is 22.5 Å². The Kier molecular flexibility index (Phi) is 3.50. The molecule has 2 aromatic heterocycles. The van der Waals surface area contributed by atoms with E-state index in [0.717, 1.165) is 48.2 Å². The fourth-order valence-corrected chi connectivity index (χ4v) is 6.33. The Labute approximate surface area is 162 Å². The molecule has 3 unspecified atom stereocenters. The number of rotatable bonds is 4. The number of hydrogen-bond donors (Lipinski definition) is 3. The average Bonchev–Trinajstić information content (AvgIpc) is 3.32. The zero-order chi connectivity index (χ0) is 18.9. The summed E-state index contributed by atoms with van der Waals surface area (Å²) in [5, 5.41) is 28.1. The summed E-state index contributed by atoms with van der Waals surface area (Å²) in [4.78, 5) is 8.91. The van der Waals surface area contributed by atoms with Gasteiger partial charge in [-0.05, 0) is 49.9 Å². The van der Waals surface area contributed by atoms with Crippen LogP contribution in [0.25, 0.3) is 17.5 Å². The van der Waals surface area contributed by atoms with Crippen LogP contribution in [-0.4, -0.2) is 37.0 Å². The van der Waals surface area contributed by atoms with Crippen molar-refractivity contribution < 1.29 is 14.7 Å². The number of allylic oxidation sites excluding steroid dienone is 1. The second-order valence-electron chi connectivity index (χ2n) is 9.05. The van der Waals surface area contributed by atoms with Crippen LogP contribution in [0.15, 0.2) is 16.8 Å². The summed E-state index contributed by atoms with van der Waals surface area (Å²) in [6.07, 6.45) is 12.1. The van der Waals surface area contributed by atoms with Crippen molar-refractivity contribution in [3.63, 3.8) is 0 Å². The Morgan fingerprint density at radius 2 is 2.04 bits per heavy atom. The average molecular weight is 380 g/mol. The first-order chi connectivity index (χ1) is 13.6. The zero-order valence-corrected chi connectivity index (χ0v) is 15.6. The maximum atomic E-state index is 10.9. The van der Waals surface area contributed by atoms with Gasteiger partial charge in [-0.15, -0.1) is 0 Å². The molecule has 5 aliphatic carbocycles. The van der Waals surface area contributed by atoms with E-state index >= 15 is 0 Å². The van der Waals surface area contributed by atoms with Crippen LogP contribution >= 0.6 is 0 Å². The van der Waals surface area contributed by atoms with E-state index in [1.165, 1.54) is 12.8 Å². The van der Waals surface area contributed by atoms with Gasteiger partial charge in [0.1, 0.15) is 6.61 Å². The second-order valence-corrected chi connectivity index (χ2v) is 9.05. The first-order valence-corrected chi connectivity index (χ1v) is 10.2. The number of fused-ring (bicyclic) bond motifs is 1. The Bertz CT molecular complexity index is 953. The monoisotopic (exact) mass is 380 g/mol. The SMILES string of the molecule is OCc1nc(-c2cnc3c(c2NC2[C@@H]4CC5C[C@H]2CC(O)(C5)C4)C=CC3)no1. The van der Waals surface area contributed by atoms with Crippen LogP contribution in [-0.2, 0) is 13.0 Å². The van der Waals surface area contributed by atoms with Crippen LogP contribution in [0, 0.1) is 17.8 Å². The summed E-state index contributed by atoms with van der Waals surface area (Å²) in [5.41, 5.74) is 3.52. The molecular weight excluding hydrogens is 356 g/mol. The van der Waals surface area contributed by atoms with Crippen LogP contribution in [0.1, 0.15) is 49.3 Å². The van der Waals surface area contributed by atoms with Crippen molar-refractivity contribution in [2.45, 2.75) is 56.8 Å². The first kappa shape index (κ1) is 16.7. The van der Waals surface area contributed by atoms with Gasteiger partial charge in [-0.3, -0.25) is 4.98 Å². The van der Waals surface area contributed by atoms with E-state index in [1.54, 1.807) is 0 Å². The summed E-state index contributed by atoms with van der Waals surface area (Å²) in [5.74, 6) is 2.32. The standard InChI is InChI=1S/C21H24N4O3/c26-10-17-23-20(25-28-17)15-9-22-16-3-1-2-14(16)19(15)24-18-12-4-11-5-13(18)8-21(27,6-11)7-12/h1-2,9,11-13,18,26-27H,3-8,10H2,(H,22,24)/t11?,12-,13+,18?,21?. The second kappa shape index (κ2) is 5.87. The lowest BCUT2D eigenvalue weighted by atomic mass is 9.52. The fourth-order valence-electron chi connectivity index (χ4n) is 6.33. The first-order valence-electron chi connectivity index (χ1n) is 10.2. The van der Waals surface area contributed by atoms with Crippen molar-refractivity contribution in [2.24, 2.45) is 17.8 Å². The third kappa shape index (κ3) is 2.46. The molecule has 0 radical (unpaired) electrons. The van der Waals surface area contributed by atoms with Gasteiger partial charge in [-0.1, -0.05) is 17.3 Å². The minimum absolute atomic E-state index is 0.203. The predicted molar refractivity (Wildman–Crippen MR) is 102 cm³/mol. The molecule has 0 spiro atoms. The molecule has 2 aromatic rings. The summed E-state index contributed by atoms with van der Waals surface area (Å²) < 4.78 is 5.12. The van der Waals surface area contributed by atoms with E-state index in [9.17, 15) is 10.2 Å². The Balaban J connectivity index is 1.40. The third-order valence-corrected chi connectivity index (χ3v) is 7.19. The molecule has 7 heteroatoms. The summed E-state index contributed by atoms with van der Waals surface area (Å²) in [6.45, 7) is -0.277. The summed E-state index contributed by atoms with van der Waals surface area (Å²) in [7, 11) is 0. The molecule has 4 fully saturated rings. The lowest BCUT2D eigenvalue weighted by Crippen LogP contribution is -2.59. The van der Waals surface area contributed by atoms with Gasteiger partial charge >= 0.3 is 0 Å². The third-order valence-electron chi connectivity index (χ3n) is 7.19. The van der Waals surface area contributed by atoms with E-state index in [4.69, 9.17) is 4.52 Å². The molecule has 4 bridgehead atoms. The summed E-state index contributed by atoms with van der Waals surface area (Å²) >= 11 is 0. The number of aliphatic hydroxyl groups is 2. The van der Waals surface area contributed by atoms with E-state index in [2.05, 4.69) is 32.6 Å². The van der Waals surface area contributed by atoms with Crippen LogP contribution < -0.4 is 5.32 Å². The van der Waals surface area contributed by atoms with Gasteiger partial charge < -0.3 is 20.1 Å². The largest absolute Gasteiger partial charge is 0.390 e. The lowest BCUT2D eigenvalue weighted by Gasteiger charge is -2.58. The molecule has 0 saturated heterocycles. The highest BCUT2D eigenvalue weighted by Gasteiger charge is 2.54. The highest BCUT2D eigenvalue weighted by molar-refractivity contribution is 5.84. The number of aliphatic hydroxyl groups excluding tert-OH is 1. The topological polar surface area (TPSA) is 104 Å². The fraction of sp³-hybridized carbons (Fsp3) is 0.571. The Morgan fingerprint density at radius 3 is 2.75 bits per heavy atom. The van der Waals surface area contributed by atoms with Gasteiger partial charge in [0.2, 0.25) is 5.82 Å². The highest BCUT2D eigenvalue weighted by atomic mass is 16.5. The molecule has 2 heterocycles. The molecule has 28 heavy (non-hydrogen) atoms. The van der Waals surface area contributed by atoms with Gasteiger partial charge in [0, 0.05) is 24.2 Å². The van der Waals surface area contributed by atoms with Crippen molar-refractivity contribution in [3.8, 4) is 11.4 Å². The molecule has 4 saturated carbocycles. The summed E-state index contributed by atoms with van der Waals surface area (Å²) in [6, 6.07) is 0.347. The smallest absolute Gasteiger partial charge is 0.252 e. The maximum Gasteiger partial charge on any atom is 0.252 e.